The molecule has 7 nitrogen and oxygen atoms in total. The van der Waals surface area contributed by atoms with Gasteiger partial charge in [0, 0.05) is 54.7 Å². The molecule has 0 aliphatic carbocycles. The van der Waals surface area contributed by atoms with Gasteiger partial charge in [-0.2, -0.15) is 0 Å². The molecular formula is C27H30N4O3S. The summed E-state index contributed by atoms with van der Waals surface area (Å²) >= 11 is 1.55. The fraction of sp³-hybridized carbons (Fsp3) is 0.370. The average Bonchev–Trinajstić information content (AvgIpc) is 3.31. The van der Waals surface area contributed by atoms with Gasteiger partial charge in [0.1, 0.15) is 18.2 Å². The van der Waals surface area contributed by atoms with Gasteiger partial charge in [-0.1, -0.05) is 12.0 Å². The Morgan fingerprint density at radius 3 is 2.60 bits per heavy atom. The molecule has 3 heterocycles. The summed E-state index contributed by atoms with van der Waals surface area (Å²) in [5, 5.41) is 1.95. The Morgan fingerprint density at radius 2 is 1.83 bits per heavy atom. The number of thiophene rings is 1. The number of piperazine rings is 1. The number of amides is 2. The van der Waals surface area contributed by atoms with Crippen molar-refractivity contribution in [1.29, 1.82) is 0 Å². The van der Waals surface area contributed by atoms with Crippen LogP contribution in [0.5, 0.6) is 11.5 Å². The Hall–Kier alpha value is -3.41. The third-order valence-corrected chi connectivity index (χ3v) is 7.70. The normalized spacial score (nSPS) is 15.7. The number of benzene rings is 2. The number of carbonyl (C=O) groups is 1. The molecule has 0 bridgehead atoms. The van der Waals surface area contributed by atoms with Crippen molar-refractivity contribution in [3.63, 3.8) is 0 Å². The molecule has 1 saturated heterocycles. The molecule has 2 aromatic carbocycles. The first-order valence-electron chi connectivity index (χ1n) is 12.0. The van der Waals surface area contributed by atoms with Crippen LogP contribution in [0.25, 0.3) is 10.1 Å². The van der Waals surface area contributed by atoms with E-state index in [1.54, 1.807) is 16.2 Å². The number of unbranched alkanes of at least 4 members (excludes halogenated alkanes) is 1. The molecule has 1 aromatic heterocycles. The fourth-order valence-corrected chi connectivity index (χ4v) is 5.77. The van der Waals surface area contributed by atoms with Gasteiger partial charge in [0.05, 0.1) is 0 Å². The molecule has 0 atom stereocenters. The number of nitrogens with two attached hydrogens (primary N) is 1. The number of hydrogen-bond donors (Lipinski definition) is 1. The predicted molar refractivity (Wildman–Crippen MR) is 142 cm³/mol. The molecule has 0 radical (unpaired) electrons. The summed E-state index contributed by atoms with van der Waals surface area (Å²) in [6.45, 7) is 6.83. The van der Waals surface area contributed by atoms with Gasteiger partial charge >= 0.3 is 6.03 Å². The zero-order chi connectivity index (χ0) is 24.2. The van der Waals surface area contributed by atoms with E-state index in [0.717, 1.165) is 77.7 Å². The Labute approximate surface area is 210 Å². The van der Waals surface area contributed by atoms with Crippen LogP contribution in [0.2, 0.25) is 0 Å². The molecule has 1 fully saturated rings. The summed E-state index contributed by atoms with van der Waals surface area (Å²) in [5.41, 5.74) is 7.74. The molecule has 2 aliphatic heterocycles. The van der Waals surface area contributed by atoms with Crippen molar-refractivity contribution < 1.29 is 14.3 Å². The van der Waals surface area contributed by atoms with Crippen LogP contribution in [0.4, 0.5) is 15.5 Å². The molecule has 2 amide bonds. The highest BCUT2D eigenvalue weighted by Crippen LogP contribution is 2.35. The highest BCUT2D eigenvalue weighted by atomic mass is 32.1. The first-order chi connectivity index (χ1) is 17.1. The average molecular weight is 491 g/mol. The SMILES string of the molecule is C#Cc1ccc2cc(N(CCCCN3CCN(c4ccc5c(c4)OCCO5)CC3)C(N)=O)sc2c1. The van der Waals surface area contributed by atoms with E-state index in [4.69, 9.17) is 21.6 Å². The van der Waals surface area contributed by atoms with Crippen molar-refractivity contribution in [2.24, 2.45) is 5.73 Å². The molecule has 8 heteroatoms. The van der Waals surface area contributed by atoms with Crippen LogP contribution in [-0.4, -0.2) is 63.4 Å². The van der Waals surface area contributed by atoms with Gasteiger partial charge in [-0.25, -0.2) is 4.79 Å². The molecule has 2 N–H and O–H groups in total. The summed E-state index contributed by atoms with van der Waals surface area (Å²) in [6.07, 6.45) is 7.43. The fourth-order valence-electron chi connectivity index (χ4n) is 4.63. The quantitative estimate of drug-likeness (QED) is 0.398. The molecular weight excluding hydrogens is 460 g/mol. The third-order valence-electron chi connectivity index (χ3n) is 6.58. The Balaban J connectivity index is 1.10. The number of nitrogens with zero attached hydrogens (tertiary/aromatic N) is 3. The summed E-state index contributed by atoms with van der Waals surface area (Å²) in [6, 6.07) is 13.7. The topological polar surface area (TPSA) is 71.3 Å². The highest BCUT2D eigenvalue weighted by molar-refractivity contribution is 7.23. The maximum Gasteiger partial charge on any atom is 0.319 e. The standard InChI is InChI=1S/C27H30N4O3S/c1-2-20-5-6-21-18-26(35-25(21)17-20)31(27(28)32)10-4-3-9-29-11-13-30(14-12-29)22-7-8-23-24(19-22)34-16-15-33-23/h1,5-8,17-19H,3-4,9-16H2,(H2,28,32). The van der Waals surface area contributed by atoms with E-state index in [9.17, 15) is 4.79 Å². The van der Waals surface area contributed by atoms with Crippen molar-refractivity contribution in [1.82, 2.24) is 4.90 Å². The largest absolute Gasteiger partial charge is 0.486 e. The van der Waals surface area contributed by atoms with Crippen LogP contribution in [0.1, 0.15) is 18.4 Å². The molecule has 5 rings (SSSR count). The van der Waals surface area contributed by atoms with Crippen molar-refractivity contribution in [3.05, 3.63) is 48.0 Å². The van der Waals surface area contributed by atoms with Crippen molar-refractivity contribution >= 4 is 38.1 Å². The maximum absolute atomic E-state index is 12.1. The Kier molecular flexibility index (Phi) is 6.98. The maximum atomic E-state index is 12.1. The third kappa shape index (κ3) is 5.31. The minimum atomic E-state index is -0.415. The van der Waals surface area contributed by atoms with E-state index in [1.807, 2.05) is 30.3 Å². The number of fused-ring (bicyclic) bond motifs is 2. The lowest BCUT2D eigenvalue weighted by Crippen LogP contribution is -2.46. The number of hydrogen-bond acceptors (Lipinski definition) is 6. The smallest absolute Gasteiger partial charge is 0.319 e. The van der Waals surface area contributed by atoms with Crippen LogP contribution in [0, 0.1) is 12.3 Å². The van der Waals surface area contributed by atoms with Gasteiger partial charge in [0.25, 0.3) is 0 Å². The van der Waals surface area contributed by atoms with E-state index in [-0.39, 0.29) is 0 Å². The molecule has 35 heavy (non-hydrogen) atoms. The Bertz CT molecular complexity index is 1240. The lowest BCUT2D eigenvalue weighted by Gasteiger charge is -2.36. The number of anilines is 2. The van der Waals surface area contributed by atoms with Crippen LogP contribution >= 0.6 is 11.3 Å². The summed E-state index contributed by atoms with van der Waals surface area (Å²) in [5.74, 6) is 4.33. The first kappa shape index (κ1) is 23.3. The van der Waals surface area contributed by atoms with Gasteiger partial charge in [0.2, 0.25) is 0 Å². The molecule has 0 unspecified atom stereocenters. The molecule has 3 aromatic rings. The van der Waals surface area contributed by atoms with Crippen molar-refractivity contribution in [2.75, 3.05) is 62.3 Å². The van der Waals surface area contributed by atoms with Crippen LogP contribution in [0.15, 0.2) is 42.5 Å². The monoisotopic (exact) mass is 490 g/mol. The lowest BCUT2D eigenvalue weighted by atomic mass is 10.2. The minimum Gasteiger partial charge on any atom is -0.486 e. The predicted octanol–water partition coefficient (Wildman–Crippen LogP) is 4.14. The zero-order valence-electron chi connectivity index (χ0n) is 19.7. The first-order valence-corrected chi connectivity index (χ1v) is 12.9. The summed E-state index contributed by atoms with van der Waals surface area (Å²) in [4.78, 5) is 18.7. The van der Waals surface area contributed by atoms with Gasteiger partial charge in [-0.15, -0.1) is 17.8 Å². The second-order valence-corrected chi connectivity index (χ2v) is 9.90. The van der Waals surface area contributed by atoms with Crippen molar-refractivity contribution in [2.45, 2.75) is 12.8 Å². The highest BCUT2D eigenvalue weighted by Gasteiger charge is 2.20. The molecule has 182 valence electrons. The van der Waals surface area contributed by atoms with Gasteiger partial charge in [0.15, 0.2) is 11.5 Å². The van der Waals surface area contributed by atoms with Gasteiger partial charge in [-0.05, 0) is 55.1 Å². The zero-order valence-corrected chi connectivity index (χ0v) is 20.6. The number of rotatable bonds is 7. The lowest BCUT2D eigenvalue weighted by molar-refractivity contribution is 0.171. The number of carbonyl (C=O) groups excluding carboxylic acids is 1. The van der Waals surface area contributed by atoms with Gasteiger partial charge in [-0.3, -0.25) is 9.80 Å². The number of ether oxygens (including phenoxy) is 2. The molecule has 0 saturated carbocycles. The number of terminal acetylenes is 1. The molecule has 0 spiro atoms. The number of urea groups is 1. The number of primary amides is 1. The van der Waals surface area contributed by atoms with E-state index < -0.39 is 6.03 Å². The summed E-state index contributed by atoms with van der Waals surface area (Å²) in [7, 11) is 0. The van der Waals surface area contributed by atoms with E-state index >= 15 is 0 Å². The van der Waals surface area contributed by atoms with E-state index in [1.165, 1.54) is 5.69 Å². The second-order valence-electron chi connectivity index (χ2n) is 8.84. The van der Waals surface area contributed by atoms with Crippen LogP contribution < -0.4 is 25.0 Å². The second kappa shape index (κ2) is 10.5. The summed E-state index contributed by atoms with van der Waals surface area (Å²) < 4.78 is 12.4. The molecule has 2 aliphatic rings. The minimum absolute atomic E-state index is 0.415. The van der Waals surface area contributed by atoms with E-state index in [0.29, 0.717) is 19.8 Å². The van der Waals surface area contributed by atoms with Crippen molar-refractivity contribution in [3.8, 4) is 23.8 Å². The van der Waals surface area contributed by atoms with E-state index in [2.05, 4.69) is 27.9 Å². The Morgan fingerprint density at radius 1 is 1.03 bits per heavy atom. The van der Waals surface area contributed by atoms with Crippen LogP contribution in [-0.2, 0) is 0 Å². The van der Waals surface area contributed by atoms with Gasteiger partial charge < -0.3 is 20.1 Å². The van der Waals surface area contributed by atoms with Crippen LogP contribution in [0.3, 0.4) is 0 Å².